The van der Waals surface area contributed by atoms with E-state index in [0.29, 0.717) is 18.7 Å². The number of nitrogens with one attached hydrogen (secondary N) is 1. The molecule has 0 atom stereocenters. The van der Waals surface area contributed by atoms with Crippen LogP contribution in [-0.2, 0) is 6.54 Å². The molecule has 0 saturated carbocycles. The highest BCUT2D eigenvalue weighted by molar-refractivity contribution is 7.99. The number of thioether (sulfide) groups is 1. The van der Waals surface area contributed by atoms with Gasteiger partial charge in [0.1, 0.15) is 0 Å². The van der Waals surface area contributed by atoms with Crippen molar-refractivity contribution >= 4 is 17.4 Å². The summed E-state index contributed by atoms with van der Waals surface area (Å²) in [5, 5.41) is 11.2. The maximum absolute atomic E-state index is 11.7. The standard InChI is InChI=1S/C11H17N3O4S/c1-3-5-7-19-10-8(14(17)18)9(15)12-11(16)13(10)6-4-2/h3-7H2,1-2H3,(H,12,15,16). The second kappa shape index (κ2) is 7.13. The minimum atomic E-state index is -0.929. The van der Waals surface area contributed by atoms with Crippen molar-refractivity contribution in [3.05, 3.63) is 31.0 Å². The molecule has 0 bridgehead atoms. The summed E-state index contributed by atoms with van der Waals surface area (Å²) in [5.74, 6) is 0.643. The predicted molar refractivity (Wildman–Crippen MR) is 73.9 cm³/mol. The number of hydrogen-bond acceptors (Lipinski definition) is 5. The smallest absolute Gasteiger partial charge is 0.282 e. The molecule has 0 aliphatic rings. The first kappa shape index (κ1) is 15.5. The van der Waals surface area contributed by atoms with Crippen LogP contribution in [0, 0.1) is 10.1 Å². The van der Waals surface area contributed by atoms with E-state index in [1.165, 1.54) is 16.3 Å². The number of rotatable bonds is 7. The van der Waals surface area contributed by atoms with E-state index in [-0.39, 0.29) is 5.03 Å². The maximum Gasteiger partial charge on any atom is 0.364 e. The third kappa shape index (κ3) is 3.69. The number of unbranched alkanes of at least 4 members (excludes halogenated alkanes) is 1. The lowest BCUT2D eigenvalue weighted by Crippen LogP contribution is -2.33. The van der Waals surface area contributed by atoms with Gasteiger partial charge in [0.05, 0.1) is 4.92 Å². The van der Waals surface area contributed by atoms with Crippen LogP contribution in [0.5, 0.6) is 0 Å². The number of nitro groups is 1. The molecule has 0 amide bonds. The van der Waals surface area contributed by atoms with Gasteiger partial charge in [-0.05, 0) is 18.6 Å². The van der Waals surface area contributed by atoms with Gasteiger partial charge in [-0.2, -0.15) is 0 Å². The molecule has 0 fully saturated rings. The zero-order valence-electron chi connectivity index (χ0n) is 11.0. The second-order valence-corrected chi connectivity index (χ2v) is 5.11. The van der Waals surface area contributed by atoms with Crippen molar-refractivity contribution in [2.75, 3.05) is 5.75 Å². The van der Waals surface area contributed by atoms with E-state index in [9.17, 15) is 19.7 Å². The van der Waals surface area contributed by atoms with Crippen LogP contribution in [-0.4, -0.2) is 20.2 Å². The molecule has 0 aromatic carbocycles. The molecule has 1 rings (SSSR count). The summed E-state index contributed by atoms with van der Waals surface area (Å²) in [4.78, 5) is 35.6. The molecule has 1 aromatic rings. The molecule has 0 spiro atoms. The largest absolute Gasteiger partial charge is 0.364 e. The van der Waals surface area contributed by atoms with Crippen LogP contribution in [0.4, 0.5) is 5.69 Å². The number of hydrogen-bond donors (Lipinski definition) is 1. The Labute approximate surface area is 114 Å². The van der Waals surface area contributed by atoms with Crippen LogP contribution in [0.25, 0.3) is 0 Å². The van der Waals surface area contributed by atoms with Gasteiger partial charge in [0.2, 0.25) is 0 Å². The van der Waals surface area contributed by atoms with Gasteiger partial charge in [-0.1, -0.05) is 20.3 Å². The van der Waals surface area contributed by atoms with Crippen molar-refractivity contribution in [3.63, 3.8) is 0 Å². The van der Waals surface area contributed by atoms with Crippen molar-refractivity contribution in [1.29, 1.82) is 0 Å². The first-order valence-corrected chi connectivity index (χ1v) is 7.15. The van der Waals surface area contributed by atoms with E-state index in [4.69, 9.17) is 0 Å². The normalized spacial score (nSPS) is 10.6. The quantitative estimate of drug-likeness (QED) is 0.271. The Morgan fingerprint density at radius 2 is 2.00 bits per heavy atom. The molecule has 1 heterocycles. The van der Waals surface area contributed by atoms with Crippen LogP contribution < -0.4 is 11.2 Å². The molecule has 0 saturated heterocycles. The summed E-state index contributed by atoms with van der Waals surface area (Å²) < 4.78 is 1.28. The summed E-state index contributed by atoms with van der Waals surface area (Å²) in [6, 6.07) is 0. The molecule has 7 nitrogen and oxygen atoms in total. The fraction of sp³-hybridized carbons (Fsp3) is 0.636. The summed E-state index contributed by atoms with van der Waals surface area (Å²) >= 11 is 1.20. The SMILES string of the molecule is CCCCSc1c([N+](=O)[O-])c(=O)[nH]c(=O)n1CCC. The molecule has 0 radical (unpaired) electrons. The molecule has 0 aliphatic heterocycles. The van der Waals surface area contributed by atoms with Gasteiger partial charge in [-0.3, -0.25) is 24.5 Å². The number of nitrogens with zero attached hydrogens (tertiary/aromatic N) is 2. The summed E-state index contributed by atoms with van der Waals surface area (Å²) in [6.07, 6.45) is 2.47. The topological polar surface area (TPSA) is 98.0 Å². The van der Waals surface area contributed by atoms with Crippen LogP contribution in [0.15, 0.2) is 14.6 Å². The van der Waals surface area contributed by atoms with E-state index in [2.05, 4.69) is 0 Å². The molecule has 106 valence electrons. The third-order valence-electron chi connectivity index (χ3n) is 2.49. The van der Waals surface area contributed by atoms with Crippen molar-refractivity contribution < 1.29 is 4.92 Å². The Bertz CT molecular complexity index is 564. The van der Waals surface area contributed by atoms with Crippen molar-refractivity contribution in [3.8, 4) is 0 Å². The van der Waals surface area contributed by atoms with Gasteiger partial charge in [-0.15, -0.1) is 11.8 Å². The predicted octanol–water partition coefficient (Wildman–Crippen LogP) is 1.75. The van der Waals surface area contributed by atoms with Crippen molar-refractivity contribution in [2.45, 2.75) is 44.7 Å². The van der Waals surface area contributed by atoms with Gasteiger partial charge in [-0.25, -0.2) is 4.79 Å². The Hall–Kier alpha value is -1.57. The summed E-state index contributed by atoms with van der Waals surface area (Å²) in [5.41, 5.74) is -2.05. The second-order valence-electron chi connectivity index (χ2n) is 4.02. The van der Waals surface area contributed by atoms with Crippen molar-refractivity contribution in [2.24, 2.45) is 0 Å². The average molecular weight is 287 g/mol. The number of aromatic amines is 1. The van der Waals surface area contributed by atoms with Crippen LogP contribution >= 0.6 is 11.8 Å². The third-order valence-corrected chi connectivity index (χ3v) is 3.67. The molecule has 19 heavy (non-hydrogen) atoms. The monoisotopic (exact) mass is 287 g/mol. The molecular weight excluding hydrogens is 270 g/mol. The minimum Gasteiger partial charge on any atom is -0.282 e. The molecule has 8 heteroatoms. The lowest BCUT2D eigenvalue weighted by atomic mass is 10.4. The van der Waals surface area contributed by atoms with E-state index < -0.39 is 21.9 Å². The highest BCUT2D eigenvalue weighted by Crippen LogP contribution is 2.25. The van der Waals surface area contributed by atoms with Crippen LogP contribution in [0.1, 0.15) is 33.1 Å². The van der Waals surface area contributed by atoms with Crippen LogP contribution in [0.2, 0.25) is 0 Å². The Morgan fingerprint density at radius 1 is 1.32 bits per heavy atom. The molecule has 0 unspecified atom stereocenters. The lowest BCUT2D eigenvalue weighted by molar-refractivity contribution is -0.390. The average Bonchev–Trinajstić information content (AvgIpc) is 2.33. The Balaban J connectivity index is 3.36. The number of aromatic nitrogens is 2. The Kier molecular flexibility index (Phi) is 5.81. The summed E-state index contributed by atoms with van der Waals surface area (Å²) in [7, 11) is 0. The van der Waals surface area contributed by atoms with Crippen LogP contribution in [0.3, 0.4) is 0 Å². The van der Waals surface area contributed by atoms with Gasteiger partial charge in [0.25, 0.3) is 0 Å². The Morgan fingerprint density at radius 3 is 2.53 bits per heavy atom. The van der Waals surface area contributed by atoms with E-state index in [0.717, 1.165) is 12.8 Å². The molecule has 1 aromatic heterocycles. The fourth-order valence-electron chi connectivity index (χ4n) is 1.59. The lowest BCUT2D eigenvalue weighted by Gasteiger charge is -2.10. The fourth-order valence-corrected chi connectivity index (χ4v) is 2.85. The van der Waals surface area contributed by atoms with E-state index in [1.54, 1.807) is 0 Å². The van der Waals surface area contributed by atoms with Gasteiger partial charge >= 0.3 is 16.9 Å². The zero-order valence-corrected chi connectivity index (χ0v) is 11.8. The zero-order chi connectivity index (χ0) is 14.4. The molecule has 1 N–H and O–H groups in total. The molecule has 0 aliphatic carbocycles. The van der Waals surface area contributed by atoms with Gasteiger partial charge < -0.3 is 0 Å². The molecular formula is C11H17N3O4S. The maximum atomic E-state index is 11.7. The van der Waals surface area contributed by atoms with E-state index in [1.807, 2.05) is 18.8 Å². The van der Waals surface area contributed by atoms with Crippen molar-refractivity contribution in [1.82, 2.24) is 9.55 Å². The number of H-pyrrole nitrogens is 1. The first-order valence-electron chi connectivity index (χ1n) is 6.17. The van der Waals surface area contributed by atoms with Gasteiger partial charge in [0.15, 0.2) is 5.03 Å². The van der Waals surface area contributed by atoms with E-state index >= 15 is 0 Å². The highest BCUT2D eigenvalue weighted by Gasteiger charge is 2.24. The first-order chi connectivity index (χ1) is 9.02. The highest BCUT2D eigenvalue weighted by atomic mass is 32.2. The minimum absolute atomic E-state index is 0.161. The summed E-state index contributed by atoms with van der Waals surface area (Å²) in [6.45, 7) is 4.22. The van der Waals surface area contributed by atoms with Gasteiger partial charge in [0, 0.05) is 6.54 Å².